The van der Waals surface area contributed by atoms with Gasteiger partial charge in [0.05, 0.1) is 13.2 Å². The quantitative estimate of drug-likeness (QED) is 0.885. The molecular formula is C16H26N2O. The van der Waals surface area contributed by atoms with Gasteiger partial charge in [0.15, 0.2) is 0 Å². The van der Waals surface area contributed by atoms with E-state index >= 15 is 0 Å². The molecule has 0 aromatic heterocycles. The summed E-state index contributed by atoms with van der Waals surface area (Å²) in [7, 11) is 0. The first-order valence-electron chi connectivity index (χ1n) is 7.37. The largest absolute Gasteiger partial charge is 0.379 e. The molecule has 0 amide bonds. The van der Waals surface area contributed by atoms with Crippen molar-refractivity contribution in [3.05, 3.63) is 35.4 Å². The van der Waals surface area contributed by atoms with Crippen molar-refractivity contribution in [1.82, 2.24) is 4.90 Å². The molecule has 3 nitrogen and oxygen atoms in total. The minimum atomic E-state index is 0.0937. The summed E-state index contributed by atoms with van der Waals surface area (Å²) in [5.41, 5.74) is 8.97. The fourth-order valence-electron chi connectivity index (χ4n) is 2.61. The molecule has 19 heavy (non-hydrogen) atoms. The first-order chi connectivity index (χ1) is 9.20. The zero-order chi connectivity index (χ0) is 13.7. The van der Waals surface area contributed by atoms with Gasteiger partial charge in [-0.15, -0.1) is 0 Å². The number of nitrogens with two attached hydrogens (primary N) is 1. The second-order valence-corrected chi connectivity index (χ2v) is 5.52. The van der Waals surface area contributed by atoms with Crippen LogP contribution < -0.4 is 5.73 Å². The van der Waals surface area contributed by atoms with Gasteiger partial charge in [-0.1, -0.05) is 37.6 Å². The van der Waals surface area contributed by atoms with Crippen LogP contribution in [0.3, 0.4) is 0 Å². The Kier molecular flexibility index (Phi) is 5.37. The lowest BCUT2D eigenvalue weighted by Gasteiger charge is -2.35. The van der Waals surface area contributed by atoms with Gasteiger partial charge in [0, 0.05) is 25.2 Å². The second kappa shape index (κ2) is 7.04. The molecule has 1 heterocycles. The van der Waals surface area contributed by atoms with Crippen molar-refractivity contribution in [2.75, 3.05) is 26.3 Å². The molecule has 2 atom stereocenters. The molecule has 3 heteroatoms. The molecule has 2 unspecified atom stereocenters. The number of ether oxygens (including phenoxy) is 1. The Morgan fingerprint density at radius 3 is 2.74 bits per heavy atom. The lowest BCUT2D eigenvalue weighted by atomic mass is 10.0. The highest BCUT2D eigenvalue weighted by Crippen LogP contribution is 2.16. The number of rotatable bonds is 5. The van der Waals surface area contributed by atoms with Crippen LogP contribution in [0.25, 0.3) is 0 Å². The molecule has 1 saturated heterocycles. The molecule has 0 spiro atoms. The average Bonchev–Trinajstić information content (AvgIpc) is 2.42. The summed E-state index contributed by atoms with van der Waals surface area (Å²) in [5, 5.41) is 0. The van der Waals surface area contributed by atoms with Gasteiger partial charge in [-0.3, -0.25) is 4.90 Å². The lowest BCUT2D eigenvalue weighted by molar-refractivity contribution is -0.00280. The monoisotopic (exact) mass is 262 g/mol. The minimum absolute atomic E-state index is 0.0937. The Bertz CT molecular complexity index is 377. The Hall–Kier alpha value is -0.900. The molecule has 0 saturated carbocycles. The maximum Gasteiger partial charge on any atom is 0.0619 e. The summed E-state index contributed by atoms with van der Waals surface area (Å²) in [6.07, 6.45) is 2.34. The highest BCUT2D eigenvalue weighted by Gasteiger charge is 2.21. The number of nitrogens with zero attached hydrogens (tertiary/aromatic N) is 1. The van der Waals surface area contributed by atoms with E-state index < -0.39 is 0 Å². The number of aryl methyl sites for hydroxylation is 1. The van der Waals surface area contributed by atoms with E-state index in [2.05, 4.69) is 43.0 Å². The van der Waals surface area contributed by atoms with Crippen LogP contribution in [0.2, 0.25) is 0 Å². The van der Waals surface area contributed by atoms with Crippen molar-refractivity contribution in [1.29, 1.82) is 0 Å². The molecule has 106 valence electrons. The van der Waals surface area contributed by atoms with Crippen LogP contribution in [0, 0.1) is 0 Å². The third kappa shape index (κ3) is 4.03. The number of hydrogen-bond donors (Lipinski definition) is 1. The average molecular weight is 262 g/mol. The predicted octanol–water partition coefficient (Wildman–Crippen LogP) is 2.36. The van der Waals surface area contributed by atoms with Crippen LogP contribution >= 0.6 is 0 Å². The molecule has 0 aliphatic carbocycles. The molecule has 0 radical (unpaired) electrons. The fraction of sp³-hybridized carbons (Fsp3) is 0.625. The lowest BCUT2D eigenvalue weighted by Crippen LogP contribution is -2.46. The molecule has 2 N–H and O–H groups in total. The topological polar surface area (TPSA) is 38.5 Å². The van der Waals surface area contributed by atoms with E-state index in [0.717, 1.165) is 32.7 Å². The van der Waals surface area contributed by atoms with Crippen LogP contribution in [0.15, 0.2) is 24.3 Å². The standard InChI is InChI=1S/C16H26N2O/c1-3-4-14-5-7-15(8-6-14)16(17)11-18-9-10-19-12-13(18)2/h5-8,13,16H,3-4,9-12,17H2,1-2H3. The summed E-state index contributed by atoms with van der Waals surface area (Å²) in [6, 6.07) is 9.35. The predicted molar refractivity (Wildman–Crippen MR) is 79.2 cm³/mol. The first kappa shape index (κ1) is 14.5. The molecule has 1 aromatic rings. The second-order valence-electron chi connectivity index (χ2n) is 5.52. The highest BCUT2D eigenvalue weighted by atomic mass is 16.5. The SMILES string of the molecule is CCCc1ccc(C(N)CN2CCOCC2C)cc1. The van der Waals surface area contributed by atoms with E-state index in [-0.39, 0.29) is 6.04 Å². The minimum Gasteiger partial charge on any atom is -0.379 e. The third-order valence-corrected chi connectivity index (χ3v) is 3.88. The zero-order valence-electron chi connectivity index (χ0n) is 12.1. The van der Waals surface area contributed by atoms with Crippen molar-refractivity contribution in [2.24, 2.45) is 5.73 Å². The van der Waals surface area contributed by atoms with E-state index in [1.165, 1.54) is 17.5 Å². The van der Waals surface area contributed by atoms with Crippen molar-refractivity contribution < 1.29 is 4.74 Å². The first-order valence-corrected chi connectivity index (χ1v) is 7.37. The summed E-state index contributed by atoms with van der Waals surface area (Å²) in [6.45, 7) is 7.96. The van der Waals surface area contributed by atoms with Gasteiger partial charge in [0.25, 0.3) is 0 Å². The van der Waals surface area contributed by atoms with Crippen molar-refractivity contribution in [3.8, 4) is 0 Å². The Morgan fingerprint density at radius 1 is 1.37 bits per heavy atom. The van der Waals surface area contributed by atoms with Crippen LogP contribution in [-0.2, 0) is 11.2 Å². The van der Waals surface area contributed by atoms with E-state index in [9.17, 15) is 0 Å². The van der Waals surface area contributed by atoms with Gasteiger partial charge in [-0.2, -0.15) is 0 Å². The maximum atomic E-state index is 6.33. The molecule has 1 fully saturated rings. The summed E-state index contributed by atoms with van der Waals surface area (Å²) >= 11 is 0. The molecule has 0 bridgehead atoms. The number of hydrogen-bond acceptors (Lipinski definition) is 3. The smallest absolute Gasteiger partial charge is 0.0619 e. The van der Waals surface area contributed by atoms with E-state index in [1.807, 2.05) is 0 Å². The van der Waals surface area contributed by atoms with Gasteiger partial charge in [0.1, 0.15) is 0 Å². The van der Waals surface area contributed by atoms with Gasteiger partial charge in [-0.25, -0.2) is 0 Å². The van der Waals surface area contributed by atoms with Crippen LogP contribution in [0.1, 0.15) is 37.4 Å². The highest BCUT2D eigenvalue weighted by molar-refractivity contribution is 5.25. The van der Waals surface area contributed by atoms with Gasteiger partial charge < -0.3 is 10.5 Å². The third-order valence-electron chi connectivity index (χ3n) is 3.88. The summed E-state index contributed by atoms with van der Waals surface area (Å²) in [5.74, 6) is 0. The van der Waals surface area contributed by atoms with Gasteiger partial charge in [-0.05, 0) is 24.5 Å². The summed E-state index contributed by atoms with van der Waals surface area (Å²) < 4.78 is 5.46. The van der Waals surface area contributed by atoms with Crippen LogP contribution in [0.4, 0.5) is 0 Å². The van der Waals surface area contributed by atoms with Crippen LogP contribution in [0.5, 0.6) is 0 Å². The van der Waals surface area contributed by atoms with Crippen molar-refractivity contribution in [2.45, 2.75) is 38.8 Å². The Morgan fingerprint density at radius 2 is 2.11 bits per heavy atom. The molecule has 1 aromatic carbocycles. The number of morpholine rings is 1. The summed E-state index contributed by atoms with van der Waals surface area (Å²) in [4.78, 5) is 2.42. The molecule has 1 aliphatic heterocycles. The number of benzene rings is 1. The van der Waals surface area contributed by atoms with Gasteiger partial charge >= 0.3 is 0 Å². The van der Waals surface area contributed by atoms with Crippen LogP contribution in [-0.4, -0.2) is 37.2 Å². The molecular weight excluding hydrogens is 236 g/mol. The van der Waals surface area contributed by atoms with E-state index in [4.69, 9.17) is 10.5 Å². The van der Waals surface area contributed by atoms with Crippen molar-refractivity contribution in [3.63, 3.8) is 0 Å². The zero-order valence-corrected chi connectivity index (χ0v) is 12.1. The van der Waals surface area contributed by atoms with Crippen molar-refractivity contribution >= 4 is 0 Å². The van der Waals surface area contributed by atoms with Gasteiger partial charge in [0.2, 0.25) is 0 Å². The Labute approximate surface area is 116 Å². The Balaban J connectivity index is 1.93. The molecule has 2 rings (SSSR count). The maximum absolute atomic E-state index is 6.33. The molecule has 1 aliphatic rings. The fourth-order valence-corrected chi connectivity index (χ4v) is 2.61. The van der Waals surface area contributed by atoms with E-state index in [0.29, 0.717) is 6.04 Å². The van der Waals surface area contributed by atoms with E-state index in [1.54, 1.807) is 0 Å². The normalized spacial score (nSPS) is 22.4.